The average molecular weight is 497 g/mol. The summed E-state index contributed by atoms with van der Waals surface area (Å²) in [5.41, 5.74) is 4.57. The number of amides is 1. The molecule has 3 aromatic rings. The van der Waals surface area contributed by atoms with E-state index in [0.717, 1.165) is 53.7 Å². The first kappa shape index (κ1) is 23.5. The fourth-order valence-electron chi connectivity index (χ4n) is 5.48. The van der Waals surface area contributed by atoms with Crippen molar-refractivity contribution in [2.75, 3.05) is 17.3 Å². The minimum absolute atomic E-state index is 0.0347. The Morgan fingerprint density at radius 3 is 2.46 bits per heavy atom. The number of carbonyl (C=O) groups is 2. The Bertz CT molecular complexity index is 1260. The summed E-state index contributed by atoms with van der Waals surface area (Å²) in [5, 5.41) is 13.6. The monoisotopic (exact) mass is 496 g/mol. The summed E-state index contributed by atoms with van der Waals surface area (Å²) in [6, 6.07) is 11.6. The molecular formula is C26H29ClN4O4. The van der Waals surface area contributed by atoms with Gasteiger partial charge in [-0.05, 0) is 81.8 Å². The highest BCUT2D eigenvalue weighted by Crippen LogP contribution is 2.42. The molecule has 184 valence electrons. The molecule has 0 bridgehead atoms. The molecular weight excluding hydrogens is 468 g/mol. The van der Waals surface area contributed by atoms with Crippen molar-refractivity contribution in [2.45, 2.75) is 57.5 Å². The molecule has 8 nitrogen and oxygen atoms in total. The Kier molecular flexibility index (Phi) is 6.32. The number of benzene rings is 2. The maximum Gasteiger partial charge on any atom is 0.414 e. The molecule has 0 spiro atoms. The largest absolute Gasteiger partial charge is 0.481 e. The van der Waals surface area contributed by atoms with Gasteiger partial charge >= 0.3 is 12.1 Å². The van der Waals surface area contributed by atoms with E-state index in [1.807, 2.05) is 43.3 Å². The zero-order valence-electron chi connectivity index (χ0n) is 19.8. The van der Waals surface area contributed by atoms with E-state index in [4.69, 9.17) is 21.3 Å². The van der Waals surface area contributed by atoms with Gasteiger partial charge in [0.15, 0.2) is 0 Å². The summed E-state index contributed by atoms with van der Waals surface area (Å²) < 4.78 is 7.27. The van der Waals surface area contributed by atoms with Gasteiger partial charge in [0.05, 0.1) is 29.7 Å². The van der Waals surface area contributed by atoms with Crippen LogP contribution < -0.4 is 10.2 Å². The van der Waals surface area contributed by atoms with Gasteiger partial charge in [-0.1, -0.05) is 11.6 Å². The molecule has 1 aliphatic heterocycles. The number of nitrogens with zero attached hydrogens (tertiary/aromatic N) is 3. The third-order valence-corrected chi connectivity index (χ3v) is 7.59. The number of rotatable bonds is 4. The van der Waals surface area contributed by atoms with E-state index in [1.165, 1.54) is 7.11 Å². The summed E-state index contributed by atoms with van der Waals surface area (Å²) >= 11 is 6.07. The number of aromatic nitrogens is 2. The fraction of sp³-hybridized carbons (Fsp3) is 0.423. The number of hydrogen-bond donors (Lipinski definition) is 2. The van der Waals surface area contributed by atoms with Crippen LogP contribution in [0.3, 0.4) is 0 Å². The molecule has 2 aromatic carbocycles. The molecule has 5 rings (SSSR count). The summed E-state index contributed by atoms with van der Waals surface area (Å²) in [6.07, 6.45) is 4.06. The third-order valence-electron chi connectivity index (χ3n) is 7.34. The van der Waals surface area contributed by atoms with Crippen LogP contribution in [-0.4, -0.2) is 39.9 Å². The van der Waals surface area contributed by atoms with Crippen molar-refractivity contribution < 1.29 is 19.4 Å². The van der Waals surface area contributed by atoms with Gasteiger partial charge < -0.3 is 19.7 Å². The molecule has 2 N–H and O–H groups in total. The molecule has 1 aromatic heterocycles. The quantitative estimate of drug-likeness (QED) is 0.449. The van der Waals surface area contributed by atoms with E-state index in [1.54, 1.807) is 4.90 Å². The molecule has 1 atom stereocenters. The lowest BCUT2D eigenvalue weighted by Crippen LogP contribution is -2.42. The maximum atomic E-state index is 12.6. The van der Waals surface area contributed by atoms with Gasteiger partial charge in [-0.25, -0.2) is 9.78 Å². The number of carbonyl (C=O) groups excluding carboxylic acids is 1. The number of ether oxygens (including phenoxy) is 1. The van der Waals surface area contributed by atoms with E-state index in [-0.39, 0.29) is 24.1 Å². The molecule has 0 radical (unpaired) electrons. The molecule has 35 heavy (non-hydrogen) atoms. The van der Waals surface area contributed by atoms with Crippen molar-refractivity contribution in [3.63, 3.8) is 0 Å². The van der Waals surface area contributed by atoms with Crippen LogP contribution in [0.4, 0.5) is 22.1 Å². The van der Waals surface area contributed by atoms with Crippen LogP contribution in [0, 0.1) is 5.92 Å². The van der Waals surface area contributed by atoms with Gasteiger partial charge in [0.25, 0.3) is 0 Å². The van der Waals surface area contributed by atoms with Crippen molar-refractivity contribution in [2.24, 2.45) is 5.92 Å². The lowest BCUT2D eigenvalue weighted by atomic mass is 9.86. The minimum atomic E-state index is -0.718. The van der Waals surface area contributed by atoms with Crippen molar-refractivity contribution in [3.05, 3.63) is 47.0 Å². The van der Waals surface area contributed by atoms with Crippen LogP contribution in [0.5, 0.6) is 0 Å². The van der Waals surface area contributed by atoms with E-state index >= 15 is 0 Å². The fourth-order valence-corrected chi connectivity index (χ4v) is 5.60. The summed E-state index contributed by atoms with van der Waals surface area (Å²) in [4.78, 5) is 30.8. The number of aryl methyl sites for hydroxylation is 1. The van der Waals surface area contributed by atoms with Crippen molar-refractivity contribution in [1.82, 2.24) is 9.55 Å². The number of carboxylic acid groups (broad SMARTS) is 1. The molecule has 2 heterocycles. The highest BCUT2D eigenvalue weighted by molar-refractivity contribution is 6.30. The molecule has 2 aliphatic rings. The number of anilines is 3. The lowest BCUT2D eigenvalue weighted by molar-refractivity contribution is -0.143. The second-order valence-electron chi connectivity index (χ2n) is 9.44. The third kappa shape index (κ3) is 4.31. The molecule has 9 heteroatoms. The first-order valence-corrected chi connectivity index (χ1v) is 12.4. The van der Waals surface area contributed by atoms with Crippen LogP contribution in [-0.2, 0) is 16.0 Å². The van der Waals surface area contributed by atoms with Crippen molar-refractivity contribution in [3.8, 4) is 0 Å². The predicted octanol–water partition coefficient (Wildman–Crippen LogP) is 6.16. The molecule has 1 amide bonds. The number of imidazole rings is 1. The number of halogens is 1. The second kappa shape index (κ2) is 9.41. The zero-order valence-corrected chi connectivity index (χ0v) is 20.6. The van der Waals surface area contributed by atoms with Gasteiger partial charge in [0, 0.05) is 28.4 Å². The Balaban J connectivity index is 1.61. The Labute approximate surface area is 208 Å². The first-order valence-electron chi connectivity index (χ1n) is 12.0. The van der Waals surface area contributed by atoms with E-state index in [9.17, 15) is 14.7 Å². The number of fused-ring (bicyclic) bond motifs is 3. The lowest BCUT2D eigenvalue weighted by Gasteiger charge is -2.34. The molecule has 0 saturated heterocycles. The topological polar surface area (TPSA) is 96.7 Å². The number of carboxylic acids is 1. The highest BCUT2D eigenvalue weighted by Gasteiger charge is 2.33. The van der Waals surface area contributed by atoms with Crippen LogP contribution in [0.2, 0.25) is 5.02 Å². The van der Waals surface area contributed by atoms with Gasteiger partial charge in [-0.2, -0.15) is 0 Å². The smallest absolute Gasteiger partial charge is 0.414 e. The molecule has 0 unspecified atom stereocenters. The predicted molar refractivity (Wildman–Crippen MR) is 136 cm³/mol. The number of aliphatic carboxylic acids is 1. The number of methoxy groups -OCH3 is 1. The SMILES string of the molecule is COC(=O)N1c2ccc3c(nc(Nc4ccc(Cl)cc4)n3C3CCC(C(=O)O)CC3)c2CC[C@@H]1C. The Hall–Kier alpha value is -3.26. The Morgan fingerprint density at radius 2 is 1.80 bits per heavy atom. The Morgan fingerprint density at radius 1 is 1.09 bits per heavy atom. The average Bonchev–Trinajstić information content (AvgIpc) is 3.23. The number of nitrogens with one attached hydrogen (secondary N) is 1. The first-order chi connectivity index (χ1) is 16.9. The maximum absolute atomic E-state index is 12.6. The minimum Gasteiger partial charge on any atom is -0.481 e. The van der Waals surface area contributed by atoms with Gasteiger partial charge in [0.2, 0.25) is 5.95 Å². The molecule has 1 saturated carbocycles. The summed E-state index contributed by atoms with van der Waals surface area (Å²) in [6.45, 7) is 2.02. The van der Waals surface area contributed by atoms with Gasteiger partial charge in [-0.3, -0.25) is 9.69 Å². The van der Waals surface area contributed by atoms with Crippen LogP contribution in [0.1, 0.15) is 50.6 Å². The normalized spacial score (nSPS) is 22.0. The van der Waals surface area contributed by atoms with Gasteiger partial charge in [-0.15, -0.1) is 0 Å². The summed E-state index contributed by atoms with van der Waals surface area (Å²) in [5.74, 6) is -0.307. The highest BCUT2D eigenvalue weighted by atomic mass is 35.5. The van der Waals surface area contributed by atoms with Crippen LogP contribution >= 0.6 is 11.6 Å². The summed E-state index contributed by atoms with van der Waals surface area (Å²) in [7, 11) is 1.40. The van der Waals surface area contributed by atoms with Crippen molar-refractivity contribution >= 4 is 52.0 Å². The number of hydrogen-bond acceptors (Lipinski definition) is 5. The second-order valence-corrected chi connectivity index (χ2v) is 9.88. The zero-order chi connectivity index (χ0) is 24.7. The van der Waals surface area contributed by atoms with Crippen LogP contribution in [0.15, 0.2) is 36.4 Å². The van der Waals surface area contributed by atoms with Gasteiger partial charge in [0.1, 0.15) is 0 Å². The van der Waals surface area contributed by atoms with E-state index < -0.39 is 5.97 Å². The van der Waals surface area contributed by atoms with E-state index in [0.29, 0.717) is 23.8 Å². The molecule has 1 aliphatic carbocycles. The van der Waals surface area contributed by atoms with Crippen molar-refractivity contribution in [1.29, 1.82) is 0 Å². The van der Waals surface area contributed by atoms with E-state index in [2.05, 4.69) is 9.88 Å². The standard InChI is InChI=1S/C26H29ClN4O4/c1-15-3-12-20-21(30(15)26(34)35-2)13-14-22-23(20)29-25(28-18-8-6-17(27)7-9-18)31(22)19-10-4-16(5-11-19)24(32)33/h6-9,13-16,19H,3-5,10-12H2,1-2H3,(H,28,29)(H,32,33)/t15-,16?,19?/m0/s1. The molecule has 1 fully saturated rings. The van der Waals surface area contributed by atoms with Crippen LogP contribution in [0.25, 0.3) is 11.0 Å².